The maximum absolute atomic E-state index is 13.2. The van der Waals surface area contributed by atoms with Crippen molar-refractivity contribution in [2.45, 2.75) is 31.2 Å². The van der Waals surface area contributed by atoms with Gasteiger partial charge in [0.05, 0.1) is 17.6 Å². The molecule has 29 heavy (non-hydrogen) atoms. The Kier molecular flexibility index (Phi) is 5.62. The number of amides is 1. The molecule has 1 N–H and O–H groups in total. The lowest BCUT2D eigenvalue weighted by Crippen LogP contribution is -2.45. The van der Waals surface area contributed by atoms with Crippen molar-refractivity contribution in [2.75, 3.05) is 13.1 Å². The van der Waals surface area contributed by atoms with E-state index in [9.17, 15) is 13.2 Å². The van der Waals surface area contributed by atoms with Gasteiger partial charge in [-0.15, -0.1) is 0 Å². The molecule has 2 aromatic carbocycles. The number of benzene rings is 2. The molecule has 0 aliphatic carbocycles. The molecule has 2 heterocycles. The highest BCUT2D eigenvalue weighted by Gasteiger charge is 2.34. The van der Waals surface area contributed by atoms with Gasteiger partial charge in [0, 0.05) is 19.6 Å². The van der Waals surface area contributed by atoms with Crippen molar-refractivity contribution in [1.29, 1.82) is 0 Å². The van der Waals surface area contributed by atoms with E-state index in [1.54, 1.807) is 18.2 Å². The van der Waals surface area contributed by atoms with Crippen LogP contribution in [0, 0.1) is 12.8 Å². The van der Waals surface area contributed by atoms with Crippen LogP contribution in [0.1, 0.15) is 24.0 Å². The molecule has 7 nitrogen and oxygen atoms in total. The first-order valence-corrected chi connectivity index (χ1v) is 11.7. The molecular weight excluding hydrogens is 408 g/mol. The minimum atomic E-state index is -3.74. The highest BCUT2D eigenvalue weighted by atomic mass is 32.2. The summed E-state index contributed by atoms with van der Waals surface area (Å²) < 4.78 is 36.1. The van der Waals surface area contributed by atoms with E-state index < -0.39 is 10.0 Å². The van der Waals surface area contributed by atoms with E-state index >= 15 is 0 Å². The SMILES string of the molecule is Cc1ccc(CNC(=O)[C@@H]2CCCN(S(=O)(=O)c3cccc4nsnc34)C2)cc1. The zero-order chi connectivity index (χ0) is 20.4. The lowest BCUT2D eigenvalue weighted by atomic mass is 9.98. The van der Waals surface area contributed by atoms with Crippen LogP contribution in [-0.4, -0.2) is 40.5 Å². The van der Waals surface area contributed by atoms with Crippen molar-refractivity contribution in [3.63, 3.8) is 0 Å². The number of hydrogen-bond donors (Lipinski definition) is 1. The smallest absolute Gasteiger partial charge is 0.245 e. The van der Waals surface area contributed by atoms with Gasteiger partial charge >= 0.3 is 0 Å². The van der Waals surface area contributed by atoms with Crippen molar-refractivity contribution in [1.82, 2.24) is 18.4 Å². The van der Waals surface area contributed by atoms with Gasteiger partial charge in [0.15, 0.2) is 0 Å². The number of nitrogens with one attached hydrogen (secondary N) is 1. The van der Waals surface area contributed by atoms with Crippen molar-refractivity contribution < 1.29 is 13.2 Å². The second-order valence-electron chi connectivity index (χ2n) is 7.29. The van der Waals surface area contributed by atoms with E-state index in [4.69, 9.17) is 0 Å². The highest BCUT2D eigenvalue weighted by molar-refractivity contribution is 7.89. The molecule has 1 saturated heterocycles. The molecule has 0 spiro atoms. The largest absolute Gasteiger partial charge is 0.352 e. The Labute approximate surface area is 174 Å². The standard InChI is InChI=1S/C20H22N4O3S2/c1-14-7-9-15(10-8-14)12-21-20(25)16-4-3-11-24(13-16)29(26,27)18-6-2-5-17-19(18)23-28-22-17/h2,5-10,16H,3-4,11-13H2,1H3,(H,21,25)/t16-/m1/s1. The average molecular weight is 431 g/mol. The molecule has 9 heteroatoms. The summed E-state index contributed by atoms with van der Waals surface area (Å²) in [4.78, 5) is 12.8. The third-order valence-corrected chi connectivity index (χ3v) is 7.65. The molecule has 1 aliphatic heterocycles. The Balaban J connectivity index is 1.46. The fourth-order valence-corrected chi connectivity index (χ4v) is 5.82. The van der Waals surface area contributed by atoms with E-state index in [0.29, 0.717) is 37.0 Å². The summed E-state index contributed by atoms with van der Waals surface area (Å²) in [6.45, 7) is 3.03. The second-order valence-corrected chi connectivity index (χ2v) is 9.73. The minimum absolute atomic E-state index is 0.112. The Morgan fingerprint density at radius 2 is 2.00 bits per heavy atom. The number of piperidine rings is 1. The number of hydrogen-bond acceptors (Lipinski definition) is 6. The predicted molar refractivity (Wildman–Crippen MR) is 112 cm³/mol. The zero-order valence-corrected chi connectivity index (χ0v) is 17.7. The van der Waals surface area contributed by atoms with Crippen LogP contribution in [0.2, 0.25) is 0 Å². The van der Waals surface area contributed by atoms with Crippen LogP contribution in [0.25, 0.3) is 11.0 Å². The third-order valence-electron chi connectivity index (χ3n) is 5.21. The van der Waals surface area contributed by atoms with Crippen LogP contribution >= 0.6 is 11.7 Å². The molecule has 1 aliphatic rings. The van der Waals surface area contributed by atoms with E-state index in [-0.39, 0.29) is 23.3 Å². The van der Waals surface area contributed by atoms with Crippen molar-refractivity contribution in [3.8, 4) is 0 Å². The van der Waals surface area contributed by atoms with Gasteiger partial charge in [0.25, 0.3) is 0 Å². The molecule has 0 radical (unpaired) electrons. The fraction of sp³-hybridized carbons (Fsp3) is 0.350. The number of aromatic nitrogens is 2. The third kappa shape index (κ3) is 4.17. The molecular formula is C20H22N4O3S2. The molecule has 1 atom stereocenters. The first kappa shape index (κ1) is 19.9. The monoisotopic (exact) mass is 430 g/mol. The molecule has 0 saturated carbocycles. The number of rotatable bonds is 5. The maximum Gasteiger partial charge on any atom is 0.245 e. The Bertz CT molecular complexity index is 1130. The number of aryl methyl sites for hydroxylation is 1. The first-order chi connectivity index (χ1) is 13.9. The van der Waals surface area contributed by atoms with Crippen LogP contribution in [0.3, 0.4) is 0 Å². The minimum Gasteiger partial charge on any atom is -0.352 e. The lowest BCUT2D eigenvalue weighted by Gasteiger charge is -2.31. The number of carbonyl (C=O) groups is 1. The van der Waals surface area contributed by atoms with Crippen LogP contribution in [-0.2, 0) is 21.4 Å². The normalized spacial score (nSPS) is 18.0. The van der Waals surface area contributed by atoms with Crippen LogP contribution in [0.5, 0.6) is 0 Å². The van der Waals surface area contributed by atoms with Crippen molar-refractivity contribution in [3.05, 3.63) is 53.6 Å². The molecule has 3 aromatic rings. The summed E-state index contributed by atoms with van der Waals surface area (Å²) in [7, 11) is -3.74. The summed E-state index contributed by atoms with van der Waals surface area (Å²) >= 11 is 0.993. The maximum atomic E-state index is 13.2. The summed E-state index contributed by atoms with van der Waals surface area (Å²) in [5.41, 5.74) is 3.15. The summed E-state index contributed by atoms with van der Waals surface area (Å²) in [6, 6.07) is 12.9. The second kappa shape index (κ2) is 8.17. The van der Waals surface area contributed by atoms with Crippen LogP contribution < -0.4 is 5.32 Å². The van der Waals surface area contributed by atoms with Gasteiger partial charge in [-0.2, -0.15) is 13.1 Å². The number of nitrogens with zero attached hydrogens (tertiary/aromatic N) is 3. The predicted octanol–water partition coefficient (Wildman–Crippen LogP) is 2.72. The molecule has 0 unspecified atom stereocenters. The zero-order valence-electron chi connectivity index (χ0n) is 16.0. The van der Waals surface area contributed by atoms with E-state index in [0.717, 1.165) is 17.3 Å². The summed E-state index contributed by atoms with van der Waals surface area (Å²) in [5, 5.41) is 2.94. The number of fused-ring (bicyclic) bond motifs is 1. The molecule has 152 valence electrons. The van der Waals surface area contributed by atoms with Crippen molar-refractivity contribution >= 4 is 38.7 Å². The fourth-order valence-electron chi connectivity index (χ4n) is 3.54. The molecule has 1 aromatic heterocycles. The molecule has 0 bridgehead atoms. The summed E-state index contributed by atoms with van der Waals surface area (Å²) in [5.74, 6) is -0.476. The number of sulfonamides is 1. The quantitative estimate of drug-likeness (QED) is 0.672. The highest BCUT2D eigenvalue weighted by Crippen LogP contribution is 2.28. The van der Waals surface area contributed by atoms with Crippen molar-refractivity contribution in [2.24, 2.45) is 5.92 Å². The topological polar surface area (TPSA) is 92.3 Å². The van der Waals surface area contributed by atoms with Gasteiger partial charge in [-0.3, -0.25) is 4.79 Å². The Morgan fingerprint density at radius 3 is 2.79 bits per heavy atom. The number of carbonyl (C=O) groups excluding carboxylic acids is 1. The van der Waals surface area contributed by atoms with Gasteiger partial charge in [0.2, 0.25) is 15.9 Å². The van der Waals surface area contributed by atoms with Gasteiger partial charge < -0.3 is 5.32 Å². The molecule has 1 fully saturated rings. The Morgan fingerprint density at radius 1 is 1.21 bits per heavy atom. The molecule has 1 amide bonds. The summed E-state index contributed by atoms with van der Waals surface area (Å²) in [6.07, 6.45) is 1.32. The first-order valence-electron chi connectivity index (χ1n) is 9.50. The Hall–Kier alpha value is -2.36. The lowest BCUT2D eigenvalue weighted by molar-refractivity contribution is -0.126. The van der Waals surface area contributed by atoms with Crippen LogP contribution in [0.15, 0.2) is 47.4 Å². The van der Waals surface area contributed by atoms with Crippen LogP contribution in [0.4, 0.5) is 0 Å². The van der Waals surface area contributed by atoms with Gasteiger partial charge in [0.1, 0.15) is 15.9 Å². The average Bonchev–Trinajstić information content (AvgIpc) is 3.22. The van der Waals surface area contributed by atoms with E-state index in [2.05, 4.69) is 14.1 Å². The van der Waals surface area contributed by atoms with Gasteiger partial charge in [-0.1, -0.05) is 35.9 Å². The van der Waals surface area contributed by atoms with Gasteiger partial charge in [-0.05, 0) is 37.5 Å². The van der Waals surface area contributed by atoms with E-state index in [1.165, 1.54) is 9.87 Å². The van der Waals surface area contributed by atoms with E-state index in [1.807, 2.05) is 31.2 Å². The van der Waals surface area contributed by atoms with Gasteiger partial charge in [-0.25, -0.2) is 8.42 Å². The molecule has 4 rings (SSSR count).